The molecule has 6 rings (SSSR count). The third-order valence-corrected chi connectivity index (χ3v) is 9.40. The van der Waals surface area contributed by atoms with Gasteiger partial charge in [0.25, 0.3) is 0 Å². The Labute approximate surface area is 210 Å². The van der Waals surface area contributed by atoms with Crippen molar-refractivity contribution in [3.8, 4) is 0 Å². The lowest BCUT2D eigenvalue weighted by Gasteiger charge is -2.61. The van der Waals surface area contributed by atoms with Gasteiger partial charge in [0.1, 0.15) is 0 Å². The van der Waals surface area contributed by atoms with Crippen molar-refractivity contribution in [3.05, 3.63) is 17.0 Å². The minimum absolute atomic E-state index is 0.00598. The van der Waals surface area contributed by atoms with Gasteiger partial charge in [-0.05, 0) is 70.9 Å². The first-order valence-corrected chi connectivity index (χ1v) is 13.6. The number of carbonyl (C=O) groups is 1. The molecule has 0 spiro atoms. The number of amides is 1. The van der Waals surface area contributed by atoms with Crippen LogP contribution < -0.4 is 5.32 Å². The average molecular weight is 488 g/mol. The summed E-state index contributed by atoms with van der Waals surface area (Å²) in [6.45, 7) is 6.66. The van der Waals surface area contributed by atoms with Crippen LogP contribution in [-0.4, -0.2) is 86.7 Å². The van der Waals surface area contributed by atoms with Crippen molar-refractivity contribution in [2.45, 2.75) is 70.5 Å². The number of nitrogens with zero attached hydrogens (tertiary/aromatic N) is 4. The molecule has 0 atom stereocenters. The highest BCUT2D eigenvalue weighted by Gasteiger charge is 2.62. The molecule has 35 heavy (non-hydrogen) atoms. The molecule has 1 aromatic heterocycles. The van der Waals surface area contributed by atoms with Gasteiger partial charge in [-0.1, -0.05) is 0 Å². The quantitative estimate of drug-likeness (QED) is 0.517. The van der Waals surface area contributed by atoms with Crippen LogP contribution in [0.4, 0.5) is 0 Å². The van der Waals surface area contributed by atoms with Crippen LogP contribution >= 0.6 is 0 Å². The fraction of sp³-hybridized carbons (Fsp3) is 0.852. The molecular weight excluding hydrogens is 442 g/mol. The van der Waals surface area contributed by atoms with Crippen LogP contribution in [-0.2, 0) is 33.9 Å². The van der Waals surface area contributed by atoms with Gasteiger partial charge in [-0.3, -0.25) is 14.4 Å². The molecule has 4 saturated carbocycles. The van der Waals surface area contributed by atoms with Gasteiger partial charge in [0.2, 0.25) is 5.91 Å². The Balaban J connectivity index is 1.38. The lowest BCUT2D eigenvalue weighted by atomic mass is 9.44. The van der Waals surface area contributed by atoms with E-state index in [1.807, 2.05) is 7.05 Å². The smallest absolute Gasteiger partial charge is 0.229 e. The van der Waals surface area contributed by atoms with Crippen molar-refractivity contribution in [2.24, 2.45) is 16.7 Å². The largest absolute Gasteiger partial charge is 0.384 e. The molecule has 1 aromatic rings. The summed E-state index contributed by atoms with van der Waals surface area (Å²) < 4.78 is 13.4. The molecule has 8 heteroatoms. The molecule has 1 aliphatic heterocycles. The summed E-state index contributed by atoms with van der Waals surface area (Å²) in [5.74, 6) is 1.72. The van der Waals surface area contributed by atoms with Gasteiger partial charge < -0.3 is 19.7 Å². The Bertz CT molecular complexity index is 882. The number of aromatic nitrogens is 2. The molecule has 0 aromatic carbocycles. The Morgan fingerprint density at radius 2 is 1.83 bits per heavy atom. The number of hydrogen-bond acceptors (Lipinski definition) is 6. The third-order valence-electron chi connectivity index (χ3n) is 9.40. The molecule has 2 bridgehead atoms. The summed E-state index contributed by atoms with van der Waals surface area (Å²) in [5, 5.41) is 8.41. The summed E-state index contributed by atoms with van der Waals surface area (Å²) in [7, 11) is 7.78. The van der Waals surface area contributed by atoms with E-state index in [9.17, 15) is 4.79 Å². The first-order chi connectivity index (χ1) is 16.9. The van der Waals surface area contributed by atoms with Gasteiger partial charge in [-0.2, -0.15) is 5.10 Å². The summed E-state index contributed by atoms with van der Waals surface area (Å²) in [4.78, 5) is 17.9. The first-order valence-electron chi connectivity index (χ1n) is 13.6. The van der Waals surface area contributed by atoms with E-state index in [1.54, 1.807) is 14.2 Å². The molecular formula is C27H45N5O3. The van der Waals surface area contributed by atoms with Crippen LogP contribution in [0.15, 0.2) is 0 Å². The molecule has 0 saturated heterocycles. The normalized spacial score (nSPS) is 27.5. The van der Waals surface area contributed by atoms with Crippen molar-refractivity contribution in [1.29, 1.82) is 0 Å². The molecule has 4 aliphatic carbocycles. The van der Waals surface area contributed by atoms with Gasteiger partial charge in [0, 0.05) is 51.4 Å². The molecule has 2 heterocycles. The Hall–Kier alpha value is -1.48. The van der Waals surface area contributed by atoms with E-state index in [2.05, 4.69) is 26.8 Å². The average Bonchev–Trinajstić information content (AvgIpc) is 3.13. The summed E-state index contributed by atoms with van der Waals surface area (Å²) in [6.07, 6.45) is 7.83. The third kappa shape index (κ3) is 4.67. The van der Waals surface area contributed by atoms with Crippen LogP contribution in [0.2, 0.25) is 0 Å². The summed E-state index contributed by atoms with van der Waals surface area (Å²) in [5.41, 5.74) is 4.05. The number of ether oxygens (including phenoxy) is 2. The van der Waals surface area contributed by atoms with Gasteiger partial charge in [0.05, 0.1) is 43.1 Å². The molecule has 0 radical (unpaired) electrons. The highest BCUT2D eigenvalue weighted by atomic mass is 16.5. The zero-order valence-electron chi connectivity index (χ0n) is 22.3. The zero-order valence-corrected chi connectivity index (χ0v) is 22.3. The van der Waals surface area contributed by atoms with Crippen molar-refractivity contribution in [2.75, 3.05) is 61.2 Å². The van der Waals surface area contributed by atoms with E-state index in [1.165, 1.54) is 17.0 Å². The van der Waals surface area contributed by atoms with Gasteiger partial charge in [-0.15, -0.1) is 0 Å². The number of methoxy groups -OCH3 is 2. The van der Waals surface area contributed by atoms with Crippen LogP contribution in [0, 0.1) is 16.7 Å². The van der Waals surface area contributed by atoms with Crippen molar-refractivity contribution >= 4 is 5.91 Å². The van der Waals surface area contributed by atoms with E-state index in [0.29, 0.717) is 11.8 Å². The van der Waals surface area contributed by atoms with E-state index >= 15 is 0 Å². The number of rotatable bonds is 11. The van der Waals surface area contributed by atoms with Gasteiger partial charge >= 0.3 is 0 Å². The number of hydrogen-bond donors (Lipinski definition) is 1. The minimum Gasteiger partial charge on any atom is -0.384 e. The Morgan fingerprint density at radius 1 is 1.14 bits per heavy atom. The molecule has 4 fully saturated rings. The second-order valence-corrected chi connectivity index (χ2v) is 12.0. The maximum atomic E-state index is 13.4. The maximum Gasteiger partial charge on any atom is 0.229 e. The highest BCUT2D eigenvalue weighted by molar-refractivity contribution is 5.86. The zero-order chi connectivity index (χ0) is 24.6. The minimum atomic E-state index is -0.00598. The standard InChI is InChI=1S/C27H45N5O3/c1-28-9-10-30(2)16-22-24(21-5-7-26(8-6-21,18-34-3)19-35-4)23-17-31(11-12-32(23)29-22)25(33)27-13-20(14-27)15-27/h20-21,28H,5-19H2,1-4H3. The number of carbonyl (C=O) groups excluding carboxylic acids is 1. The lowest BCUT2D eigenvalue weighted by Crippen LogP contribution is -2.61. The van der Waals surface area contributed by atoms with Crippen molar-refractivity contribution in [1.82, 2.24) is 24.9 Å². The fourth-order valence-electron chi connectivity index (χ4n) is 7.33. The summed E-state index contributed by atoms with van der Waals surface area (Å²) >= 11 is 0. The second-order valence-electron chi connectivity index (χ2n) is 12.0. The topological polar surface area (TPSA) is 71.9 Å². The molecule has 8 nitrogen and oxygen atoms in total. The molecule has 1 N–H and O–H groups in total. The highest BCUT2D eigenvalue weighted by Crippen LogP contribution is 2.65. The lowest BCUT2D eigenvalue weighted by molar-refractivity contribution is -0.178. The monoisotopic (exact) mass is 487 g/mol. The van der Waals surface area contributed by atoms with Crippen LogP contribution in [0.25, 0.3) is 0 Å². The van der Waals surface area contributed by atoms with Crippen LogP contribution in [0.5, 0.6) is 0 Å². The Kier molecular flexibility index (Phi) is 7.28. The summed E-state index contributed by atoms with van der Waals surface area (Å²) in [6, 6.07) is 0. The Morgan fingerprint density at radius 3 is 2.40 bits per heavy atom. The van der Waals surface area contributed by atoms with Crippen LogP contribution in [0.1, 0.15) is 67.8 Å². The maximum absolute atomic E-state index is 13.4. The SMILES string of the molecule is CNCCN(C)Cc1nn2c(c1C1CCC(COC)(COC)CC1)CN(C(=O)C13CC(C1)C3)CC2. The molecule has 1 amide bonds. The van der Waals surface area contributed by atoms with Crippen molar-refractivity contribution < 1.29 is 14.3 Å². The number of nitrogens with one attached hydrogen (secondary N) is 1. The second kappa shape index (κ2) is 10.1. The van der Waals surface area contributed by atoms with E-state index in [4.69, 9.17) is 14.6 Å². The van der Waals surface area contributed by atoms with Gasteiger partial charge in [-0.25, -0.2) is 0 Å². The fourth-order valence-corrected chi connectivity index (χ4v) is 7.33. The van der Waals surface area contributed by atoms with E-state index < -0.39 is 0 Å². The number of likely N-dealkylation sites (N-methyl/N-ethyl adjacent to an activating group) is 2. The predicted octanol–water partition coefficient (Wildman–Crippen LogP) is 2.61. The molecule has 196 valence electrons. The van der Waals surface area contributed by atoms with E-state index in [-0.39, 0.29) is 10.8 Å². The molecule has 5 aliphatic rings. The van der Waals surface area contributed by atoms with E-state index in [0.717, 1.165) is 103 Å². The molecule has 0 unspecified atom stereocenters. The predicted molar refractivity (Wildman–Crippen MR) is 135 cm³/mol. The van der Waals surface area contributed by atoms with Crippen LogP contribution in [0.3, 0.4) is 0 Å². The van der Waals surface area contributed by atoms with Gasteiger partial charge in [0.15, 0.2) is 0 Å². The number of fused-ring (bicyclic) bond motifs is 1. The first kappa shape index (κ1) is 25.2. The van der Waals surface area contributed by atoms with Crippen molar-refractivity contribution in [3.63, 3.8) is 0 Å².